The summed E-state index contributed by atoms with van der Waals surface area (Å²) in [6, 6.07) is 6.24. The van der Waals surface area contributed by atoms with Gasteiger partial charge in [0.25, 0.3) is 0 Å². The van der Waals surface area contributed by atoms with E-state index < -0.39 is 0 Å². The van der Waals surface area contributed by atoms with E-state index in [0.29, 0.717) is 19.0 Å². The lowest BCUT2D eigenvalue weighted by Gasteiger charge is -2.22. The van der Waals surface area contributed by atoms with Crippen LogP contribution < -0.4 is 0 Å². The summed E-state index contributed by atoms with van der Waals surface area (Å²) in [6.45, 7) is 6.55. The van der Waals surface area contributed by atoms with Crippen molar-refractivity contribution in [1.82, 2.24) is 14.9 Å². The van der Waals surface area contributed by atoms with Crippen LogP contribution in [0.3, 0.4) is 0 Å². The van der Waals surface area contributed by atoms with Crippen LogP contribution in [-0.4, -0.2) is 21.4 Å². The van der Waals surface area contributed by atoms with Crippen LogP contribution in [0.25, 0.3) is 0 Å². The second kappa shape index (κ2) is 8.67. The molecule has 0 aliphatic carbocycles. The average molecular weight is 319 g/mol. The highest BCUT2D eigenvalue weighted by molar-refractivity contribution is 5.07. The first-order chi connectivity index (χ1) is 11.0. The molecule has 0 N–H and O–H groups in total. The van der Waals surface area contributed by atoms with Crippen molar-refractivity contribution < 1.29 is 8.78 Å². The van der Waals surface area contributed by atoms with Crippen LogP contribution in [0.4, 0.5) is 8.78 Å². The fourth-order valence-electron chi connectivity index (χ4n) is 2.40. The summed E-state index contributed by atoms with van der Waals surface area (Å²) < 4.78 is 26.0. The zero-order valence-corrected chi connectivity index (χ0v) is 13.7. The summed E-state index contributed by atoms with van der Waals surface area (Å²) in [5, 5.41) is 0. The normalized spacial score (nSPS) is 11.4. The number of pyridine rings is 2. The number of nitrogens with zero attached hydrogens (tertiary/aromatic N) is 3. The molecule has 0 radical (unpaired) electrons. The Hall–Kier alpha value is -1.88. The lowest BCUT2D eigenvalue weighted by Crippen LogP contribution is -2.25. The van der Waals surface area contributed by atoms with E-state index in [1.165, 1.54) is 24.5 Å². The van der Waals surface area contributed by atoms with Gasteiger partial charge in [-0.2, -0.15) is 0 Å². The van der Waals surface area contributed by atoms with Gasteiger partial charge in [-0.15, -0.1) is 0 Å². The average Bonchev–Trinajstić information content (AvgIpc) is 2.51. The number of aromatic nitrogens is 2. The molecule has 0 saturated carbocycles. The molecule has 0 unspecified atom stereocenters. The predicted octanol–water partition coefficient (Wildman–Crippen LogP) is 4.19. The molecule has 5 heteroatoms. The Balaban J connectivity index is 2.00. The maximum atomic E-state index is 13.0. The highest BCUT2D eigenvalue weighted by atomic mass is 19.1. The van der Waals surface area contributed by atoms with E-state index in [4.69, 9.17) is 0 Å². The highest BCUT2D eigenvalue weighted by Gasteiger charge is 2.10. The van der Waals surface area contributed by atoms with Crippen LogP contribution in [0.15, 0.2) is 36.7 Å². The molecule has 23 heavy (non-hydrogen) atoms. The van der Waals surface area contributed by atoms with Crippen molar-refractivity contribution in [3.8, 4) is 0 Å². The van der Waals surface area contributed by atoms with Gasteiger partial charge in [-0.1, -0.05) is 13.8 Å². The maximum Gasteiger partial charge on any atom is 0.141 e. The first-order valence-corrected chi connectivity index (χ1v) is 7.96. The van der Waals surface area contributed by atoms with Crippen molar-refractivity contribution in [3.63, 3.8) is 0 Å². The van der Waals surface area contributed by atoms with E-state index in [1.54, 1.807) is 12.1 Å². The third kappa shape index (κ3) is 6.40. The lowest BCUT2D eigenvalue weighted by atomic mass is 10.1. The standard InChI is InChI=1S/C18H23F2N3/c1-14(2)4-3-9-23(12-17-7-5-15(19)10-21-17)13-18-8-6-16(20)11-22-18/h5-8,10-11,14H,3-4,9,12-13H2,1-2H3. The first kappa shape index (κ1) is 17.5. The van der Waals surface area contributed by atoms with E-state index in [1.807, 2.05) is 0 Å². The van der Waals surface area contributed by atoms with E-state index in [-0.39, 0.29) is 11.6 Å². The maximum absolute atomic E-state index is 13.0. The van der Waals surface area contributed by atoms with Gasteiger partial charge in [0.2, 0.25) is 0 Å². The van der Waals surface area contributed by atoms with Crippen LogP contribution in [0.5, 0.6) is 0 Å². The Morgan fingerprint density at radius 1 is 0.913 bits per heavy atom. The Morgan fingerprint density at radius 3 is 1.83 bits per heavy atom. The van der Waals surface area contributed by atoms with Crippen molar-refractivity contribution in [3.05, 3.63) is 59.7 Å². The molecule has 3 nitrogen and oxygen atoms in total. The molecule has 0 aliphatic heterocycles. The fraction of sp³-hybridized carbons (Fsp3) is 0.444. The van der Waals surface area contributed by atoms with Gasteiger partial charge in [0, 0.05) is 13.1 Å². The van der Waals surface area contributed by atoms with Gasteiger partial charge >= 0.3 is 0 Å². The topological polar surface area (TPSA) is 29.0 Å². The number of hydrogen-bond donors (Lipinski definition) is 0. The van der Waals surface area contributed by atoms with Crippen molar-refractivity contribution in [2.45, 2.75) is 39.8 Å². The largest absolute Gasteiger partial charge is 0.292 e. The summed E-state index contributed by atoms with van der Waals surface area (Å²) in [5.74, 6) is -0.00893. The molecule has 2 aromatic rings. The smallest absolute Gasteiger partial charge is 0.141 e. The third-order valence-corrected chi connectivity index (χ3v) is 3.60. The molecule has 124 valence electrons. The quantitative estimate of drug-likeness (QED) is 0.730. The first-order valence-electron chi connectivity index (χ1n) is 7.96. The van der Waals surface area contributed by atoms with E-state index >= 15 is 0 Å². The Morgan fingerprint density at radius 2 is 1.43 bits per heavy atom. The summed E-state index contributed by atoms with van der Waals surface area (Å²) >= 11 is 0. The van der Waals surface area contributed by atoms with Gasteiger partial charge in [0.05, 0.1) is 23.8 Å². The van der Waals surface area contributed by atoms with Crippen LogP contribution in [-0.2, 0) is 13.1 Å². The molecular weight excluding hydrogens is 296 g/mol. The van der Waals surface area contributed by atoms with Crippen molar-refractivity contribution in [2.24, 2.45) is 5.92 Å². The number of halogens is 2. The molecule has 0 spiro atoms. The lowest BCUT2D eigenvalue weighted by molar-refractivity contribution is 0.241. The second-order valence-corrected chi connectivity index (χ2v) is 6.18. The molecule has 0 fully saturated rings. The van der Waals surface area contributed by atoms with Crippen LogP contribution in [0.1, 0.15) is 38.1 Å². The third-order valence-electron chi connectivity index (χ3n) is 3.60. The minimum atomic E-state index is -0.333. The minimum Gasteiger partial charge on any atom is -0.292 e. The van der Waals surface area contributed by atoms with E-state index in [0.717, 1.165) is 30.8 Å². The van der Waals surface area contributed by atoms with Gasteiger partial charge in [0.15, 0.2) is 0 Å². The van der Waals surface area contributed by atoms with Gasteiger partial charge in [0.1, 0.15) is 11.6 Å². The van der Waals surface area contributed by atoms with Crippen LogP contribution in [0.2, 0.25) is 0 Å². The summed E-state index contributed by atoms with van der Waals surface area (Å²) in [7, 11) is 0. The summed E-state index contributed by atoms with van der Waals surface area (Å²) in [4.78, 5) is 10.5. The Bertz CT molecular complexity index is 535. The molecule has 2 aromatic heterocycles. The molecule has 0 saturated heterocycles. The molecule has 2 rings (SSSR count). The predicted molar refractivity (Wildman–Crippen MR) is 86.6 cm³/mol. The minimum absolute atomic E-state index is 0.333. The van der Waals surface area contributed by atoms with Gasteiger partial charge in [-0.25, -0.2) is 8.78 Å². The van der Waals surface area contributed by atoms with Gasteiger partial charge in [-0.3, -0.25) is 14.9 Å². The Labute approximate surface area is 136 Å². The second-order valence-electron chi connectivity index (χ2n) is 6.18. The van der Waals surface area contributed by atoms with Gasteiger partial charge < -0.3 is 0 Å². The van der Waals surface area contributed by atoms with Crippen LogP contribution >= 0.6 is 0 Å². The molecule has 2 heterocycles. The summed E-state index contributed by atoms with van der Waals surface area (Å²) in [5.41, 5.74) is 1.64. The number of rotatable bonds is 8. The van der Waals surface area contributed by atoms with E-state index in [9.17, 15) is 8.78 Å². The monoisotopic (exact) mass is 319 g/mol. The molecule has 0 bridgehead atoms. The van der Waals surface area contributed by atoms with Crippen molar-refractivity contribution >= 4 is 0 Å². The SMILES string of the molecule is CC(C)CCCN(Cc1ccc(F)cn1)Cc1ccc(F)cn1. The van der Waals surface area contributed by atoms with Gasteiger partial charge in [-0.05, 0) is 49.6 Å². The Kier molecular flexibility index (Phi) is 6.59. The van der Waals surface area contributed by atoms with Crippen molar-refractivity contribution in [2.75, 3.05) is 6.54 Å². The highest BCUT2D eigenvalue weighted by Crippen LogP contribution is 2.11. The molecular formula is C18H23F2N3. The van der Waals surface area contributed by atoms with Crippen molar-refractivity contribution in [1.29, 1.82) is 0 Å². The zero-order valence-electron chi connectivity index (χ0n) is 13.7. The van der Waals surface area contributed by atoms with E-state index in [2.05, 4.69) is 28.7 Å². The molecule has 0 amide bonds. The zero-order chi connectivity index (χ0) is 16.7. The summed E-state index contributed by atoms with van der Waals surface area (Å²) in [6.07, 6.45) is 4.68. The number of hydrogen-bond acceptors (Lipinski definition) is 3. The molecule has 0 atom stereocenters. The fourth-order valence-corrected chi connectivity index (χ4v) is 2.40. The van der Waals surface area contributed by atoms with Crippen LogP contribution in [0, 0.1) is 17.6 Å². The molecule has 0 aliphatic rings. The molecule has 0 aromatic carbocycles.